The lowest BCUT2D eigenvalue weighted by molar-refractivity contribution is 0.781. The molecule has 0 bridgehead atoms. The molecule has 0 heterocycles. The van der Waals surface area contributed by atoms with Gasteiger partial charge in [0.15, 0.2) is 0 Å². The molecule has 0 fully saturated rings. The summed E-state index contributed by atoms with van der Waals surface area (Å²) in [5.74, 6) is 0.585. The molecular formula is C12H14Br2. The second kappa shape index (κ2) is 5.72. The van der Waals surface area contributed by atoms with Gasteiger partial charge in [-0.15, -0.1) is 0 Å². The summed E-state index contributed by atoms with van der Waals surface area (Å²) in [5, 5.41) is 0.937. The van der Waals surface area contributed by atoms with Crippen molar-refractivity contribution in [2.45, 2.75) is 13.8 Å². The zero-order valence-corrected chi connectivity index (χ0v) is 11.6. The van der Waals surface area contributed by atoms with E-state index in [1.54, 1.807) is 0 Å². The van der Waals surface area contributed by atoms with Crippen LogP contribution in [0.3, 0.4) is 0 Å². The SMILES string of the molecule is CC(C)/C(=C/c1ccccc1Br)CBr. The van der Waals surface area contributed by atoms with Crippen LogP contribution in [0.15, 0.2) is 34.3 Å². The molecule has 0 amide bonds. The van der Waals surface area contributed by atoms with Crippen LogP contribution >= 0.6 is 31.9 Å². The Hall–Kier alpha value is -0.0800. The average molecular weight is 318 g/mol. The van der Waals surface area contributed by atoms with Gasteiger partial charge in [0.05, 0.1) is 0 Å². The molecule has 0 saturated heterocycles. The van der Waals surface area contributed by atoms with Gasteiger partial charge in [0.1, 0.15) is 0 Å². The monoisotopic (exact) mass is 316 g/mol. The Kier molecular flexibility index (Phi) is 4.90. The molecular weight excluding hydrogens is 304 g/mol. The lowest BCUT2D eigenvalue weighted by Gasteiger charge is -2.08. The molecule has 1 aromatic carbocycles. The molecule has 0 atom stereocenters. The van der Waals surface area contributed by atoms with Crippen LogP contribution in [0, 0.1) is 5.92 Å². The van der Waals surface area contributed by atoms with Gasteiger partial charge in [-0.2, -0.15) is 0 Å². The largest absolute Gasteiger partial charge is 0.0880 e. The summed E-state index contributed by atoms with van der Waals surface area (Å²) < 4.78 is 1.15. The third kappa shape index (κ3) is 3.25. The lowest BCUT2D eigenvalue weighted by atomic mass is 10.0. The number of benzene rings is 1. The van der Waals surface area contributed by atoms with Gasteiger partial charge in [0.2, 0.25) is 0 Å². The van der Waals surface area contributed by atoms with Gasteiger partial charge in [0, 0.05) is 9.80 Å². The first kappa shape index (κ1) is 12.0. The van der Waals surface area contributed by atoms with E-state index in [1.807, 2.05) is 6.07 Å². The fraction of sp³-hybridized carbons (Fsp3) is 0.333. The van der Waals surface area contributed by atoms with Gasteiger partial charge < -0.3 is 0 Å². The van der Waals surface area contributed by atoms with Crippen molar-refractivity contribution < 1.29 is 0 Å². The molecule has 0 saturated carbocycles. The minimum Gasteiger partial charge on any atom is -0.0880 e. The maximum Gasteiger partial charge on any atom is 0.0247 e. The quantitative estimate of drug-likeness (QED) is 0.697. The van der Waals surface area contributed by atoms with Crippen LogP contribution in [0.4, 0.5) is 0 Å². The van der Waals surface area contributed by atoms with E-state index in [9.17, 15) is 0 Å². The first-order chi connectivity index (χ1) is 6.65. The minimum atomic E-state index is 0.585. The number of hydrogen-bond acceptors (Lipinski definition) is 0. The Morgan fingerprint density at radius 1 is 1.36 bits per heavy atom. The highest BCUT2D eigenvalue weighted by Gasteiger charge is 2.02. The number of hydrogen-bond donors (Lipinski definition) is 0. The molecule has 0 aliphatic carbocycles. The topological polar surface area (TPSA) is 0 Å². The molecule has 0 aromatic heterocycles. The Morgan fingerprint density at radius 3 is 2.50 bits per heavy atom. The Balaban J connectivity index is 3.00. The molecule has 14 heavy (non-hydrogen) atoms. The molecule has 0 aliphatic heterocycles. The predicted octanol–water partition coefficient (Wildman–Crippen LogP) is 4.88. The van der Waals surface area contributed by atoms with Crippen molar-refractivity contribution in [3.05, 3.63) is 39.9 Å². The van der Waals surface area contributed by atoms with E-state index in [0.29, 0.717) is 5.92 Å². The highest BCUT2D eigenvalue weighted by Crippen LogP contribution is 2.22. The molecule has 0 N–H and O–H groups in total. The van der Waals surface area contributed by atoms with Crippen molar-refractivity contribution in [1.29, 1.82) is 0 Å². The van der Waals surface area contributed by atoms with Crippen LogP contribution in [0.25, 0.3) is 6.08 Å². The van der Waals surface area contributed by atoms with E-state index >= 15 is 0 Å². The second-order valence-corrected chi connectivity index (χ2v) is 4.94. The summed E-state index contributed by atoms with van der Waals surface area (Å²) in [5.41, 5.74) is 2.66. The molecule has 0 unspecified atom stereocenters. The molecule has 0 aliphatic rings. The first-order valence-electron chi connectivity index (χ1n) is 4.66. The molecule has 76 valence electrons. The van der Waals surface area contributed by atoms with Crippen LogP contribution in [-0.2, 0) is 0 Å². The van der Waals surface area contributed by atoms with Crippen LogP contribution in [0.5, 0.6) is 0 Å². The average Bonchev–Trinajstić information content (AvgIpc) is 2.16. The Bertz CT molecular complexity index is 327. The fourth-order valence-electron chi connectivity index (χ4n) is 1.15. The maximum absolute atomic E-state index is 3.54. The Labute approximate surface area is 103 Å². The molecule has 0 spiro atoms. The van der Waals surface area contributed by atoms with Crippen molar-refractivity contribution in [2.75, 3.05) is 5.33 Å². The van der Waals surface area contributed by atoms with E-state index in [2.05, 4.69) is 70.0 Å². The predicted molar refractivity (Wildman–Crippen MR) is 70.8 cm³/mol. The lowest BCUT2D eigenvalue weighted by Crippen LogP contribution is -1.94. The zero-order valence-electron chi connectivity index (χ0n) is 8.43. The van der Waals surface area contributed by atoms with Crippen molar-refractivity contribution in [3.63, 3.8) is 0 Å². The number of allylic oxidation sites excluding steroid dienone is 1. The summed E-state index contributed by atoms with van der Waals surface area (Å²) in [6.45, 7) is 4.42. The highest BCUT2D eigenvalue weighted by molar-refractivity contribution is 9.10. The summed E-state index contributed by atoms with van der Waals surface area (Å²) in [6, 6.07) is 8.28. The standard InChI is InChI=1S/C12H14Br2/c1-9(2)11(8-13)7-10-5-3-4-6-12(10)14/h3-7,9H,8H2,1-2H3/b11-7+. The molecule has 0 nitrogen and oxygen atoms in total. The van der Waals surface area contributed by atoms with Crippen molar-refractivity contribution in [3.8, 4) is 0 Å². The summed E-state index contributed by atoms with van der Waals surface area (Å²) >= 11 is 7.06. The van der Waals surface area contributed by atoms with Gasteiger partial charge in [-0.25, -0.2) is 0 Å². The smallest absolute Gasteiger partial charge is 0.0247 e. The fourth-order valence-corrected chi connectivity index (χ4v) is 2.36. The normalized spacial score (nSPS) is 12.2. The maximum atomic E-state index is 3.54. The van der Waals surface area contributed by atoms with Gasteiger partial charge in [0.25, 0.3) is 0 Å². The third-order valence-corrected chi connectivity index (χ3v) is 3.51. The highest BCUT2D eigenvalue weighted by atomic mass is 79.9. The summed E-state index contributed by atoms with van der Waals surface area (Å²) in [4.78, 5) is 0. The van der Waals surface area contributed by atoms with Crippen molar-refractivity contribution in [2.24, 2.45) is 5.92 Å². The van der Waals surface area contributed by atoms with Crippen LogP contribution < -0.4 is 0 Å². The minimum absolute atomic E-state index is 0.585. The third-order valence-electron chi connectivity index (χ3n) is 2.14. The number of halogens is 2. The van der Waals surface area contributed by atoms with Crippen LogP contribution in [0.2, 0.25) is 0 Å². The van der Waals surface area contributed by atoms with E-state index in [0.717, 1.165) is 9.80 Å². The van der Waals surface area contributed by atoms with E-state index < -0.39 is 0 Å². The van der Waals surface area contributed by atoms with Crippen LogP contribution in [0.1, 0.15) is 19.4 Å². The van der Waals surface area contributed by atoms with E-state index in [-0.39, 0.29) is 0 Å². The molecule has 1 aromatic rings. The van der Waals surface area contributed by atoms with E-state index in [1.165, 1.54) is 11.1 Å². The molecule has 2 heteroatoms. The number of alkyl halides is 1. The van der Waals surface area contributed by atoms with Crippen molar-refractivity contribution in [1.82, 2.24) is 0 Å². The van der Waals surface area contributed by atoms with Crippen LogP contribution in [-0.4, -0.2) is 5.33 Å². The second-order valence-electron chi connectivity index (χ2n) is 3.53. The summed E-state index contributed by atoms with van der Waals surface area (Å²) in [6.07, 6.45) is 2.24. The van der Waals surface area contributed by atoms with Gasteiger partial charge in [-0.05, 0) is 17.5 Å². The first-order valence-corrected chi connectivity index (χ1v) is 6.57. The number of rotatable bonds is 3. The van der Waals surface area contributed by atoms with Gasteiger partial charge in [-0.3, -0.25) is 0 Å². The Morgan fingerprint density at radius 2 is 2.00 bits per heavy atom. The zero-order chi connectivity index (χ0) is 10.6. The molecule has 1 rings (SSSR count). The van der Waals surface area contributed by atoms with E-state index in [4.69, 9.17) is 0 Å². The van der Waals surface area contributed by atoms with Crippen molar-refractivity contribution >= 4 is 37.9 Å². The molecule has 0 radical (unpaired) electrons. The van der Waals surface area contributed by atoms with Gasteiger partial charge >= 0.3 is 0 Å². The summed E-state index contributed by atoms with van der Waals surface area (Å²) in [7, 11) is 0. The van der Waals surface area contributed by atoms with Gasteiger partial charge in [-0.1, -0.05) is 75.6 Å².